The van der Waals surface area contributed by atoms with Crippen molar-refractivity contribution in [1.29, 1.82) is 0 Å². The molecule has 0 atom stereocenters. The molecule has 13 heteroatoms. The highest BCUT2D eigenvalue weighted by atomic mass is 32.2. The second-order valence-electron chi connectivity index (χ2n) is 9.48. The van der Waals surface area contributed by atoms with Crippen LogP contribution < -0.4 is 30.7 Å². The zero-order valence-electron chi connectivity index (χ0n) is 24.3. The van der Waals surface area contributed by atoms with Gasteiger partial charge in [0.1, 0.15) is 11.5 Å². The van der Waals surface area contributed by atoms with Crippen molar-refractivity contribution >= 4 is 79.8 Å². The van der Waals surface area contributed by atoms with Crippen LogP contribution >= 0.6 is 23.1 Å². The largest absolute Gasteiger partial charge is 0.497 e. The number of para-hydroxylation sites is 2. The summed E-state index contributed by atoms with van der Waals surface area (Å²) in [6.07, 6.45) is 0. The van der Waals surface area contributed by atoms with Gasteiger partial charge in [-0.3, -0.25) is 4.79 Å². The van der Waals surface area contributed by atoms with E-state index in [1.165, 1.54) is 23.1 Å². The maximum absolute atomic E-state index is 12.7. The SMILES string of the molecule is COc1ccc(OC)c(NC(=O)CSc2nc3ccc(Nc4nc(Nc5ccccc5)nc(Nc5ccccc5)n4)cc3s2)c1. The number of hydrogen-bond acceptors (Lipinski definition) is 12. The van der Waals surface area contributed by atoms with Crippen LogP contribution in [0.15, 0.2) is 101 Å². The summed E-state index contributed by atoms with van der Waals surface area (Å²) in [5.74, 6) is 2.33. The molecule has 0 aliphatic carbocycles. The number of fused-ring (bicyclic) bond motifs is 1. The van der Waals surface area contributed by atoms with Gasteiger partial charge in [0.15, 0.2) is 4.34 Å². The second-order valence-corrected chi connectivity index (χ2v) is 11.7. The average Bonchev–Trinajstić information content (AvgIpc) is 3.47. The number of nitrogens with zero attached hydrogens (tertiary/aromatic N) is 4. The lowest BCUT2D eigenvalue weighted by Gasteiger charge is -2.11. The number of carbonyl (C=O) groups is 1. The van der Waals surface area contributed by atoms with Gasteiger partial charge in [0.05, 0.1) is 35.9 Å². The molecule has 11 nitrogen and oxygen atoms in total. The summed E-state index contributed by atoms with van der Waals surface area (Å²) in [6.45, 7) is 0. The quantitative estimate of drug-likeness (QED) is 0.0997. The molecule has 4 aromatic carbocycles. The van der Waals surface area contributed by atoms with Crippen molar-refractivity contribution in [2.75, 3.05) is 41.2 Å². The Morgan fingerprint density at radius 3 is 1.93 bits per heavy atom. The highest BCUT2D eigenvalue weighted by molar-refractivity contribution is 8.01. The number of carbonyl (C=O) groups excluding carboxylic acids is 1. The topological polar surface area (TPSA) is 135 Å². The van der Waals surface area contributed by atoms with Gasteiger partial charge in [-0.15, -0.1) is 11.3 Å². The summed E-state index contributed by atoms with van der Waals surface area (Å²) in [5, 5.41) is 12.7. The summed E-state index contributed by atoms with van der Waals surface area (Å²) in [4.78, 5) is 31.2. The molecule has 6 aromatic rings. The molecule has 0 aliphatic rings. The van der Waals surface area contributed by atoms with E-state index in [2.05, 4.69) is 36.2 Å². The molecule has 0 saturated heterocycles. The number of aromatic nitrogens is 4. The van der Waals surface area contributed by atoms with Crippen LogP contribution in [-0.4, -0.2) is 45.8 Å². The molecule has 0 fully saturated rings. The number of thioether (sulfide) groups is 1. The lowest BCUT2D eigenvalue weighted by molar-refractivity contribution is -0.113. The fraction of sp³-hybridized carbons (Fsp3) is 0.0938. The zero-order valence-corrected chi connectivity index (χ0v) is 25.9. The molecule has 0 aliphatic heterocycles. The smallest absolute Gasteiger partial charge is 0.234 e. The zero-order chi connectivity index (χ0) is 31.0. The first kappa shape index (κ1) is 29.7. The van der Waals surface area contributed by atoms with E-state index in [1.807, 2.05) is 78.9 Å². The lowest BCUT2D eigenvalue weighted by atomic mass is 10.2. The van der Waals surface area contributed by atoms with E-state index in [-0.39, 0.29) is 11.7 Å². The van der Waals surface area contributed by atoms with Crippen molar-refractivity contribution < 1.29 is 14.3 Å². The summed E-state index contributed by atoms with van der Waals surface area (Å²) in [5.41, 5.74) is 3.87. The fourth-order valence-corrected chi connectivity index (χ4v) is 6.15. The molecule has 1 amide bonds. The highest BCUT2D eigenvalue weighted by Gasteiger charge is 2.13. The molecule has 45 heavy (non-hydrogen) atoms. The Labute approximate surface area is 267 Å². The molecule has 0 bridgehead atoms. The molecule has 6 rings (SSSR count). The lowest BCUT2D eigenvalue weighted by Crippen LogP contribution is -2.14. The standard InChI is InChI=1S/C32H28N8O3S2/c1-42-23-14-16-26(43-2)25(18-23)36-28(41)19-44-32-37-24-15-13-22(17-27(24)45-32)35-31-39-29(33-20-9-5-3-6-10-20)38-30(40-31)34-21-11-7-4-8-12-21/h3-18H,19H2,1-2H3,(H,36,41)(H3,33,34,35,38,39,40). The first-order valence-corrected chi connectivity index (χ1v) is 15.6. The van der Waals surface area contributed by atoms with Crippen LogP contribution in [0, 0.1) is 0 Å². The molecular weight excluding hydrogens is 609 g/mol. The maximum Gasteiger partial charge on any atom is 0.234 e. The van der Waals surface area contributed by atoms with Crippen LogP contribution in [0.25, 0.3) is 10.2 Å². The van der Waals surface area contributed by atoms with E-state index in [0.717, 1.165) is 31.6 Å². The molecule has 226 valence electrons. The molecule has 2 aromatic heterocycles. The highest BCUT2D eigenvalue weighted by Crippen LogP contribution is 2.33. The number of anilines is 7. The van der Waals surface area contributed by atoms with Gasteiger partial charge < -0.3 is 30.7 Å². The van der Waals surface area contributed by atoms with Crippen LogP contribution in [0.4, 0.5) is 40.6 Å². The van der Waals surface area contributed by atoms with Crippen molar-refractivity contribution in [3.63, 3.8) is 0 Å². The first-order chi connectivity index (χ1) is 22.0. The minimum Gasteiger partial charge on any atom is -0.497 e. The van der Waals surface area contributed by atoms with Crippen molar-refractivity contribution in [1.82, 2.24) is 19.9 Å². The molecular formula is C32H28N8O3S2. The Balaban J connectivity index is 1.16. The third kappa shape index (κ3) is 7.77. The summed E-state index contributed by atoms with van der Waals surface area (Å²) in [6, 6.07) is 30.5. The molecule has 0 spiro atoms. The van der Waals surface area contributed by atoms with Gasteiger partial charge in [0.25, 0.3) is 0 Å². The Kier molecular flexibility index (Phi) is 9.18. The van der Waals surface area contributed by atoms with Gasteiger partial charge in [-0.1, -0.05) is 48.2 Å². The third-order valence-corrected chi connectivity index (χ3v) is 8.49. The Morgan fingerprint density at radius 1 is 0.711 bits per heavy atom. The van der Waals surface area contributed by atoms with Crippen LogP contribution in [0.2, 0.25) is 0 Å². The van der Waals surface area contributed by atoms with Crippen molar-refractivity contribution in [3.8, 4) is 11.5 Å². The van der Waals surface area contributed by atoms with Gasteiger partial charge >= 0.3 is 0 Å². The maximum atomic E-state index is 12.7. The molecule has 4 N–H and O–H groups in total. The Bertz CT molecular complexity index is 1860. The first-order valence-electron chi connectivity index (χ1n) is 13.8. The van der Waals surface area contributed by atoms with Crippen molar-refractivity contribution in [2.24, 2.45) is 0 Å². The predicted octanol–water partition coefficient (Wildman–Crippen LogP) is 7.46. The summed E-state index contributed by atoms with van der Waals surface area (Å²) in [7, 11) is 3.13. The number of rotatable bonds is 12. The van der Waals surface area contributed by atoms with Gasteiger partial charge in [-0.05, 0) is 54.6 Å². The van der Waals surface area contributed by atoms with E-state index >= 15 is 0 Å². The van der Waals surface area contributed by atoms with E-state index < -0.39 is 0 Å². The summed E-state index contributed by atoms with van der Waals surface area (Å²) >= 11 is 2.87. The van der Waals surface area contributed by atoms with E-state index in [9.17, 15) is 4.79 Å². The normalized spacial score (nSPS) is 10.7. The number of thiazole rings is 1. The van der Waals surface area contributed by atoms with Gasteiger partial charge in [-0.2, -0.15) is 15.0 Å². The summed E-state index contributed by atoms with van der Waals surface area (Å²) < 4.78 is 12.4. The Morgan fingerprint density at radius 2 is 1.33 bits per heavy atom. The van der Waals surface area contributed by atoms with E-state index in [0.29, 0.717) is 35.0 Å². The van der Waals surface area contributed by atoms with Crippen LogP contribution in [0.1, 0.15) is 0 Å². The van der Waals surface area contributed by atoms with Gasteiger partial charge in [0.2, 0.25) is 23.8 Å². The number of hydrogen-bond donors (Lipinski definition) is 4. The monoisotopic (exact) mass is 636 g/mol. The van der Waals surface area contributed by atoms with Crippen molar-refractivity contribution in [2.45, 2.75) is 4.34 Å². The average molecular weight is 637 g/mol. The van der Waals surface area contributed by atoms with Gasteiger partial charge in [-0.25, -0.2) is 4.98 Å². The second kappa shape index (κ2) is 13.9. The number of nitrogens with one attached hydrogen (secondary N) is 4. The minimum atomic E-state index is -0.178. The molecule has 0 radical (unpaired) electrons. The minimum absolute atomic E-state index is 0.178. The van der Waals surface area contributed by atoms with Crippen LogP contribution in [-0.2, 0) is 4.79 Å². The van der Waals surface area contributed by atoms with Crippen LogP contribution in [0.5, 0.6) is 11.5 Å². The molecule has 2 heterocycles. The predicted molar refractivity (Wildman–Crippen MR) is 181 cm³/mol. The number of methoxy groups -OCH3 is 2. The number of benzene rings is 4. The van der Waals surface area contributed by atoms with E-state index in [4.69, 9.17) is 14.5 Å². The van der Waals surface area contributed by atoms with Crippen molar-refractivity contribution in [3.05, 3.63) is 97.1 Å². The van der Waals surface area contributed by atoms with Gasteiger partial charge in [0, 0.05) is 23.1 Å². The number of ether oxygens (including phenoxy) is 2. The number of amides is 1. The fourth-order valence-electron chi connectivity index (χ4n) is 4.24. The molecule has 0 saturated carbocycles. The van der Waals surface area contributed by atoms with Crippen LogP contribution in [0.3, 0.4) is 0 Å². The Hall–Kier alpha value is -5.40. The third-order valence-electron chi connectivity index (χ3n) is 6.33. The molecule has 0 unspecified atom stereocenters. The van der Waals surface area contributed by atoms with E-state index in [1.54, 1.807) is 32.4 Å².